The van der Waals surface area contributed by atoms with Crippen LogP contribution >= 0.6 is 11.6 Å². The Morgan fingerprint density at radius 2 is 2.10 bits per heavy atom. The summed E-state index contributed by atoms with van der Waals surface area (Å²) in [5.41, 5.74) is 0.236. The van der Waals surface area contributed by atoms with E-state index in [0.717, 1.165) is 18.9 Å². The quantitative estimate of drug-likeness (QED) is 0.724. The first-order chi connectivity index (χ1) is 9.97. The average molecular weight is 315 g/mol. The topological polar surface area (TPSA) is 78.4 Å². The number of halogens is 2. The number of nitrogens with one attached hydrogen (secondary N) is 2. The summed E-state index contributed by atoms with van der Waals surface area (Å²) in [6.07, 6.45) is 2.03. The summed E-state index contributed by atoms with van der Waals surface area (Å²) in [5, 5.41) is 14.2. The van der Waals surface area contributed by atoms with E-state index >= 15 is 0 Å². The van der Waals surface area contributed by atoms with Gasteiger partial charge in [0.1, 0.15) is 5.82 Å². The van der Waals surface area contributed by atoms with Crippen LogP contribution in [0, 0.1) is 11.7 Å². The Balaban J connectivity index is 1.76. The van der Waals surface area contributed by atoms with Crippen LogP contribution in [0.1, 0.15) is 19.3 Å². The molecule has 1 atom stereocenters. The van der Waals surface area contributed by atoms with E-state index in [1.807, 2.05) is 0 Å². The van der Waals surface area contributed by atoms with Gasteiger partial charge in [-0.3, -0.25) is 9.59 Å². The van der Waals surface area contributed by atoms with Crippen molar-refractivity contribution in [2.45, 2.75) is 25.4 Å². The number of amides is 2. The van der Waals surface area contributed by atoms with E-state index in [-0.39, 0.29) is 17.3 Å². The molecule has 21 heavy (non-hydrogen) atoms. The van der Waals surface area contributed by atoms with Crippen molar-refractivity contribution in [2.24, 2.45) is 5.92 Å². The van der Waals surface area contributed by atoms with Crippen molar-refractivity contribution in [1.29, 1.82) is 0 Å². The maximum absolute atomic E-state index is 13.0. The van der Waals surface area contributed by atoms with Gasteiger partial charge >= 0.3 is 11.8 Å². The number of carbonyl (C=O) groups excluding carboxylic acids is 2. The molecule has 0 heterocycles. The summed E-state index contributed by atoms with van der Waals surface area (Å²) < 4.78 is 13.0. The molecule has 1 aliphatic carbocycles. The lowest BCUT2D eigenvalue weighted by molar-refractivity contribution is -0.136. The number of anilines is 1. The zero-order valence-corrected chi connectivity index (χ0v) is 12.0. The average Bonchev–Trinajstić information content (AvgIpc) is 3.27. The molecule has 0 aromatic heterocycles. The van der Waals surface area contributed by atoms with Crippen LogP contribution in [0.15, 0.2) is 18.2 Å². The van der Waals surface area contributed by atoms with Crippen molar-refractivity contribution in [2.75, 3.05) is 11.9 Å². The Kier molecular flexibility index (Phi) is 5.14. The fourth-order valence-electron chi connectivity index (χ4n) is 1.89. The van der Waals surface area contributed by atoms with Gasteiger partial charge < -0.3 is 15.7 Å². The van der Waals surface area contributed by atoms with Crippen LogP contribution in [-0.4, -0.2) is 29.6 Å². The van der Waals surface area contributed by atoms with E-state index in [4.69, 9.17) is 11.6 Å². The summed E-state index contributed by atoms with van der Waals surface area (Å²) in [5.74, 6) is -1.94. The molecular weight excluding hydrogens is 299 g/mol. The van der Waals surface area contributed by atoms with Crippen molar-refractivity contribution in [1.82, 2.24) is 5.32 Å². The third kappa shape index (κ3) is 4.68. The van der Waals surface area contributed by atoms with Crippen LogP contribution < -0.4 is 10.6 Å². The molecule has 0 radical (unpaired) electrons. The standard InChI is InChI=1S/C14H16ClFN2O3/c15-10-7-9(3-4-11(10)16)18-14(21)13(20)17-6-5-12(19)8-1-2-8/h3-4,7-8,12,19H,1-2,5-6H2,(H,17,20)(H,18,21)/t12-/m0/s1. The molecule has 0 unspecified atom stereocenters. The fraction of sp³-hybridized carbons (Fsp3) is 0.429. The second-order valence-electron chi connectivity index (χ2n) is 5.03. The number of hydrogen-bond acceptors (Lipinski definition) is 3. The van der Waals surface area contributed by atoms with Gasteiger partial charge in [-0.2, -0.15) is 0 Å². The maximum atomic E-state index is 13.0. The van der Waals surface area contributed by atoms with Crippen LogP contribution in [0.25, 0.3) is 0 Å². The largest absolute Gasteiger partial charge is 0.393 e. The second-order valence-corrected chi connectivity index (χ2v) is 5.44. The SMILES string of the molecule is O=C(NCC[C@H](O)C1CC1)C(=O)Nc1ccc(F)c(Cl)c1. The van der Waals surface area contributed by atoms with Gasteiger partial charge in [0.2, 0.25) is 0 Å². The molecule has 5 nitrogen and oxygen atoms in total. The summed E-state index contributed by atoms with van der Waals surface area (Å²) in [4.78, 5) is 23.2. The molecule has 0 aliphatic heterocycles. The molecule has 1 saturated carbocycles. The van der Waals surface area contributed by atoms with Crippen LogP contribution in [0.2, 0.25) is 5.02 Å². The highest BCUT2D eigenvalue weighted by atomic mass is 35.5. The highest BCUT2D eigenvalue weighted by molar-refractivity contribution is 6.39. The minimum atomic E-state index is -0.862. The number of benzene rings is 1. The summed E-state index contributed by atoms with van der Waals surface area (Å²) >= 11 is 5.58. The summed E-state index contributed by atoms with van der Waals surface area (Å²) in [7, 11) is 0. The number of aliphatic hydroxyl groups is 1. The van der Waals surface area contributed by atoms with Gasteiger partial charge in [-0.05, 0) is 43.4 Å². The third-order valence-electron chi connectivity index (χ3n) is 3.28. The highest BCUT2D eigenvalue weighted by Crippen LogP contribution is 2.33. The maximum Gasteiger partial charge on any atom is 0.313 e. The zero-order chi connectivity index (χ0) is 15.4. The van der Waals surface area contributed by atoms with E-state index in [1.165, 1.54) is 12.1 Å². The number of aliphatic hydroxyl groups excluding tert-OH is 1. The van der Waals surface area contributed by atoms with Crippen molar-refractivity contribution in [3.8, 4) is 0 Å². The van der Waals surface area contributed by atoms with E-state index in [9.17, 15) is 19.1 Å². The second kappa shape index (κ2) is 6.87. The normalized spacial score (nSPS) is 15.4. The molecule has 0 saturated heterocycles. The molecule has 2 rings (SSSR count). The lowest BCUT2D eigenvalue weighted by Crippen LogP contribution is -2.37. The van der Waals surface area contributed by atoms with Gasteiger partial charge in [0, 0.05) is 12.2 Å². The summed E-state index contributed by atoms with van der Waals surface area (Å²) in [6.45, 7) is 0.230. The highest BCUT2D eigenvalue weighted by Gasteiger charge is 2.29. The first-order valence-corrected chi connectivity index (χ1v) is 7.07. The Bertz CT molecular complexity index is 549. The molecule has 0 bridgehead atoms. The number of rotatable bonds is 5. The fourth-order valence-corrected chi connectivity index (χ4v) is 2.07. The molecule has 3 N–H and O–H groups in total. The van der Waals surface area contributed by atoms with Gasteiger partial charge in [0.05, 0.1) is 11.1 Å². The van der Waals surface area contributed by atoms with E-state index in [0.29, 0.717) is 12.3 Å². The monoisotopic (exact) mass is 314 g/mol. The van der Waals surface area contributed by atoms with E-state index in [2.05, 4.69) is 10.6 Å². The first kappa shape index (κ1) is 15.7. The van der Waals surface area contributed by atoms with Crippen LogP contribution in [0.5, 0.6) is 0 Å². The van der Waals surface area contributed by atoms with Gasteiger partial charge in [-0.25, -0.2) is 4.39 Å². The van der Waals surface area contributed by atoms with Crippen molar-refractivity contribution in [3.63, 3.8) is 0 Å². The minimum absolute atomic E-state index is 0.138. The molecule has 1 aromatic carbocycles. The Morgan fingerprint density at radius 1 is 1.38 bits per heavy atom. The third-order valence-corrected chi connectivity index (χ3v) is 3.57. The predicted octanol–water partition coefficient (Wildman–Crippen LogP) is 1.69. The van der Waals surface area contributed by atoms with Gasteiger partial charge in [0.15, 0.2) is 0 Å². The zero-order valence-electron chi connectivity index (χ0n) is 11.2. The smallest absolute Gasteiger partial charge is 0.313 e. The minimum Gasteiger partial charge on any atom is -0.393 e. The number of hydrogen-bond donors (Lipinski definition) is 3. The summed E-state index contributed by atoms with van der Waals surface area (Å²) in [6, 6.07) is 3.63. The van der Waals surface area contributed by atoms with E-state index in [1.54, 1.807) is 0 Å². The van der Waals surface area contributed by atoms with Gasteiger partial charge in [0.25, 0.3) is 0 Å². The predicted molar refractivity (Wildman–Crippen MR) is 76.4 cm³/mol. The van der Waals surface area contributed by atoms with Crippen molar-refractivity contribution in [3.05, 3.63) is 29.0 Å². The van der Waals surface area contributed by atoms with Gasteiger partial charge in [-0.1, -0.05) is 11.6 Å². The van der Waals surface area contributed by atoms with E-state index < -0.39 is 23.7 Å². The Morgan fingerprint density at radius 3 is 2.71 bits per heavy atom. The van der Waals surface area contributed by atoms with Crippen LogP contribution in [-0.2, 0) is 9.59 Å². The molecule has 0 spiro atoms. The van der Waals surface area contributed by atoms with Crippen molar-refractivity contribution >= 4 is 29.1 Å². The molecule has 2 amide bonds. The molecular formula is C14H16ClFN2O3. The molecule has 1 fully saturated rings. The van der Waals surface area contributed by atoms with Crippen LogP contribution in [0.3, 0.4) is 0 Å². The van der Waals surface area contributed by atoms with Crippen LogP contribution in [0.4, 0.5) is 10.1 Å². The molecule has 1 aromatic rings. The Labute approximate surface area is 126 Å². The lowest BCUT2D eigenvalue weighted by Gasteiger charge is -2.10. The lowest BCUT2D eigenvalue weighted by atomic mass is 10.2. The molecule has 114 valence electrons. The van der Waals surface area contributed by atoms with Crippen molar-refractivity contribution < 1.29 is 19.1 Å². The molecule has 7 heteroatoms. The number of carbonyl (C=O) groups is 2. The van der Waals surface area contributed by atoms with Gasteiger partial charge in [-0.15, -0.1) is 0 Å². The molecule has 1 aliphatic rings. The Hall–Kier alpha value is -1.66. The first-order valence-electron chi connectivity index (χ1n) is 6.69.